The molecule has 0 unspecified atom stereocenters. The van der Waals surface area contributed by atoms with E-state index in [-0.39, 0.29) is 12.5 Å². The molecule has 0 radical (unpaired) electrons. The zero-order valence-corrected chi connectivity index (χ0v) is 18.4. The van der Waals surface area contributed by atoms with Crippen molar-refractivity contribution in [3.63, 3.8) is 0 Å². The van der Waals surface area contributed by atoms with Crippen LogP contribution >= 0.6 is 23.2 Å². The van der Waals surface area contributed by atoms with E-state index in [1.807, 2.05) is 18.2 Å². The van der Waals surface area contributed by atoms with Crippen LogP contribution < -0.4 is 21.7 Å². The normalized spacial score (nSPS) is 13.0. The Labute approximate surface area is 194 Å². The lowest BCUT2D eigenvalue weighted by molar-refractivity contribution is -0.121. The number of primary amides is 1. The number of benzene rings is 2. The van der Waals surface area contributed by atoms with Crippen LogP contribution in [0.2, 0.25) is 10.0 Å². The number of amides is 2. The van der Waals surface area contributed by atoms with Gasteiger partial charge in [0.1, 0.15) is 5.02 Å². The predicted molar refractivity (Wildman–Crippen MR) is 124 cm³/mol. The van der Waals surface area contributed by atoms with Gasteiger partial charge in [-0.2, -0.15) is 4.98 Å². The first kappa shape index (κ1) is 21.9. The average Bonchev–Trinajstić information content (AvgIpc) is 2.96. The van der Waals surface area contributed by atoms with Gasteiger partial charge in [0.05, 0.1) is 6.20 Å². The summed E-state index contributed by atoms with van der Waals surface area (Å²) in [6.45, 7) is 0.685. The second-order valence-electron chi connectivity index (χ2n) is 7.26. The topological polar surface area (TPSA) is 122 Å². The van der Waals surface area contributed by atoms with E-state index < -0.39 is 5.91 Å². The van der Waals surface area contributed by atoms with Gasteiger partial charge in [-0.3, -0.25) is 9.59 Å². The van der Waals surface area contributed by atoms with Crippen molar-refractivity contribution in [2.45, 2.75) is 25.9 Å². The molecule has 10 heteroatoms. The maximum Gasteiger partial charge on any atom is 0.249 e. The summed E-state index contributed by atoms with van der Waals surface area (Å²) < 4.78 is 0. The van der Waals surface area contributed by atoms with Gasteiger partial charge in [0.25, 0.3) is 0 Å². The Morgan fingerprint density at radius 2 is 1.97 bits per heavy atom. The maximum atomic E-state index is 11.7. The van der Waals surface area contributed by atoms with Crippen LogP contribution in [0.4, 0.5) is 17.5 Å². The molecule has 0 bridgehead atoms. The monoisotopic (exact) mass is 470 g/mol. The molecule has 3 aromatic rings. The SMILES string of the molecule is NC(=O)c1cccc(Cl)c1CNc1nc(Nc2ccc3c(c2)CNC(=O)CC3)ncc1Cl. The third kappa shape index (κ3) is 4.92. The summed E-state index contributed by atoms with van der Waals surface area (Å²) in [7, 11) is 0. The Morgan fingerprint density at radius 1 is 1.12 bits per heavy atom. The van der Waals surface area contributed by atoms with Gasteiger partial charge in [0.2, 0.25) is 17.8 Å². The molecular formula is C22H20Cl2N6O2. The number of anilines is 3. The first-order valence-corrected chi connectivity index (χ1v) is 10.7. The molecule has 1 aromatic heterocycles. The van der Waals surface area contributed by atoms with Crippen molar-refractivity contribution in [2.24, 2.45) is 5.73 Å². The van der Waals surface area contributed by atoms with Crippen LogP contribution in [0.25, 0.3) is 0 Å². The van der Waals surface area contributed by atoms with E-state index in [1.54, 1.807) is 18.2 Å². The molecule has 2 heterocycles. The zero-order valence-electron chi connectivity index (χ0n) is 16.9. The smallest absolute Gasteiger partial charge is 0.249 e. The number of nitrogens with one attached hydrogen (secondary N) is 3. The molecule has 2 aromatic carbocycles. The van der Waals surface area contributed by atoms with Crippen LogP contribution in [0.15, 0.2) is 42.6 Å². The Morgan fingerprint density at radius 3 is 2.78 bits per heavy atom. The summed E-state index contributed by atoms with van der Waals surface area (Å²) in [6.07, 6.45) is 2.67. The minimum absolute atomic E-state index is 0.0467. The molecule has 164 valence electrons. The molecule has 0 fully saturated rings. The van der Waals surface area contributed by atoms with Gasteiger partial charge in [0, 0.05) is 41.3 Å². The number of aromatic nitrogens is 2. The summed E-state index contributed by atoms with van der Waals surface area (Å²) in [4.78, 5) is 32.0. The zero-order chi connectivity index (χ0) is 22.7. The second-order valence-corrected chi connectivity index (χ2v) is 8.07. The van der Waals surface area contributed by atoms with Crippen LogP contribution in [0.3, 0.4) is 0 Å². The average molecular weight is 471 g/mol. The number of carbonyl (C=O) groups excluding carboxylic acids is 2. The van der Waals surface area contributed by atoms with E-state index in [2.05, 4.69) is 25.9 Å². The first-order chi connectivity index (χ1) is 15.4. The quantitative estimate of drug-likeness (QED) is 0.434. The fourth-order valence-electron chi connectivity index (χ4n) is 3.46. The second kappa shape index (κ2) is 9.42. The van der Waals surface area contributed by atoms with E-state index in [9.17, 15) is 9.59 Å². The number of nitrogens with zero attached hydrogens (tertiary/aromatic N) is 2. The van der Waals surface area contributed by atoms with Gasteiger partial charge < -0.3 is 21.7 Å². The third-order valence-corrected chi connectivity index (χ3v) is 5.75. The molecule has 0 atom stereocenters. The van der Waals surface area contributed by atoms with Gasteiger partial charge in [-0.1, -0.05) is 35.3 Å². The molecule has 0 spiro atoms. The predicted octanol–water partition coefficient (Wildman–Crippen LogP) is 3.80. The van der Waals surface area contributed by atoms with Crippen LogP contribution in [-0.4, -0.2) is 21.8 Å². The summed E-state index contributed by atoms with van der Waals surface area (Å²) in [5.41, 5.74) is 9.30. The number of carbonyl (C=O) groups is 2. The number of rotatable bonds is 6. The molecular weight excluding hydrogens is 451 g/mol. The Bertz CT molecular complexity index is 1200. The van der Waals surface area contributed by atoms with Crippen molar-refractivity contribution in [1.82, 2.24) is 15.3 Å². The summed E-state index contributed by atoms with van der Waals surface area (Å²) >= 11 is 12.5. The van der Waals surface area contributed by atoms with Crippen molar-refractivity contribution in [3.8, 4) is 0 Å². The van der Waals surface area contributed by atoms with Gasteiger partial charge in [-0.15, -0.1) is 0 Å². The maximum absolute atomic E-state index is 11.7. The van der Waals surface area contributed by atoms with Gasteiger partial charge >= 0.3 is 0 Å². The molecule has 8 nitrogen and oxygen atoms in total. The molecule has 0 saturated carbocycles. The number of aryl methyl sites for hydroxylation is 1. The molecule has 1 aliphatic rings. The lowest BCUT2D eigenvalue weighted by Crippen LogP contribution is -2.20. The molecule has 2 amide bonds. The van der Waals surface area contributed by atoms with Crippen LogP contribution in [-0.2, 0) is 24.3 Å². The van der Waals surface area contributed by atoms with E-state index in [0.29, 0.717) is 52.3 Å². The first-order valence-electron chi connectivity index (χ1n) is 9.90. The summed E-state index contributed by atoms with van der Waals surface area (Å²) in [5, 5.41) is 9.86. The number of halogens is 2. The van der Waals surface area contributed by atoms with Crippen molar-refractivity contribution >= 4 is 52.5 Å². The van der Waals surface area contributed by atoms with Crippen LogP contribution in [0.1, 0.15) is 33.5 Å². The van der Waals surface area contributed by atoms with E-state index in [0.717, 1.165) is 16.8 Å². The number of hydrogen-bond donors (Lipinski definition) is 4. The Kier molecular flexibility index (Phi) is 6.43. The van der Waals surface area contributed by atoms with Crippen molar-refractivity contribution < 1.29 is 9.59 Å². The van der Waals surface area contributed by atoms with Crippen LogP contribution in [0.5, 0.6) is 0 Å². The molecule has 0 aliphatic carbocycles. The van der Waals surface area contributed by atoms with Gasteiger partial charge in [-0.25, -0.2) is 4.98 Å². The van der Waals surface area contributed by atoms with Crippen LogP contribution in [0, 0.1) is 0 Å². The molecule has 0 saturated heterocycles. The van der Waals surface area contributed by atoms with Crippen molar-refractivity contribution in [2.75, 3.05) is 10.6 Å². The standard InChI is InChI=1S/C22H20Cl2N6O2/c23-17-3-1-2-15(20(25)32)16(17)10-27-21-18(24)11-28-22(30-21)29-14-6-4-12-5-7-19(31)26-9-13(12)8-14/h1-4,6,8,11H,5,7,9-10H2,(H2,25,32)(H,26,31)(H2,27,28,29,30). The highest BCUT2D eigenvalue weighted by molar-refractivity contribution is 6.33. The van der Waals surface area contributed by atoms with E-state index in [4.69, 9.17) is 28.9 Å². The lowest BCUT2D eigenvalue weighted by atomic mass is 10.0. The highest BCUT2D eigenvalue weighted by Gasteiger charge is 2.15. The third-order valence-electron chi connectivity index (χ3n) is 5.12. The largest absolute Gasteiger partial charge is 0.366 e. The van der Waals surface area contributed by atoms with Crippen molar-refractivity contribution in [3.05, 3.63) is 74.9 Å². The number of nitrogens with two attached hydrogens (primary N) is 1. The fraction of sp³-hybridized carbons (Fsp3) is 0.182. The van der Waals surface area contributed by atoms with Gasteiger partial charge in [0.15, 0.2) is 5.82 Å². The summed E-state index contributed by atoms with van der Waals surface area (Å²) in [6, 6.07) is 10.8. The van der Waals surface area contributed by atoms with Crippen molar-refractivity contribution in [1.29, 1.82) is 0 Å². The van der Waals surface area contributed by atoms with E-state index in [1.165, 1.54) is 6.20 Å². The highest BCUT2D eigenvalue weighted by Crippen LogP contribution is 2.26. The van der Waals surface area contributed by atoms with E-state index >= 15 is 0 Å². The fourth-order valence-corrected chi connectivity index (χ4v) is 3.86. The number of hydrogen-bond acceptors (Lipinski definition) is 6. The molecule has 4 rings (SSSR count). The lowest BCUT2D eigenvalue weighted by Gasteiger charge is -2.13. The minimum atomic E-state index is -0.570. The minimum Gasteiger partial charge on any atom is -0.366 e. The Hall–Kier alpha value is -3.36. The molecule has 5 N–H and O–H groups in total. The molecule has 32 heavy (non-hydrogen) atoms. The number of fused-ring (bicyclic) bond motifs is 1. The van der Waals surface area contributed by atoms with Gasteiger partial charge in [-0.05, 0) is 41.8 Å². The highest BCUT2D eigenvalue weighted by atomic mass is 35.5. The Balaban J connectivity index is 1.52. The molecule has 1 aliphatic heterocycles. The summed E-state index contributed by atoms with van der Waals surface area (Å²) in [5.74, 6) is 0.190.